The molecule has 4 nitrogen and oxygen atoms in total. The van der Waals surface area contributed by atoms with Gasteiger partial charge in [0.2, 0.25) is 0 Å². The molecule has 0 aromatic carbocycles. The van der Waals surface area contributed by atoms with Gasteiger partial charge in [-0.15, -0.1) is 0 Å². The number of nitrogens with zero attached hydrogens (tertiary/aromatic N) is 3. The number of allylic oxidation sites excluding steroid dienone is 2. The Hall–Kier alpha value is -1.68. The number of hydrogen-bond acceptors (Lipinski definition) is 4. The molecule has 24 heavy (non-hydrogen) atoms. The largest absolute Gasteiger partial charge is 0.346 e. The fraction of sp³-hybridized carbons (Fsp3) is 0.600. The van der Waals surface area contributed by atoms with Crippen LogP contribution < -0.4 is 4.90 Å². The summed E-state index contributed by atoms with van der Waals surface area (Å²) in [5, 5.41) is 0. The zero-order valence-electron chi connectivity index (χ0n) is 16.9. The Labute approximate surface area is 148 Å². The van der Waals surface area contributed by atoms with Gasteiger partial charge in [0.1, 0.15) is 24.0 Å². The Morgan fingerprint density at radius 3 is 2.33 bits per heavy atom. The van der Waals surface area contributed by atoms with Crippen LogP contribution >= 0.6 is 0 Å². The van der Waals surface area contributed by atoms with Crippen LogP contribution in [0.25, 0.3) is 0 Å². The molecule has 0 amide bonds. The number of aryl methyl sites for hydroxylation is 1. The van der Waals surface area contributed by atoms with E-state index in [1.807, 2.05) is 60.6 Å². The number of ether oxygens (including phenoxy) is 1. The lowest BCUT2D eigenvalue weighted by molar-refractivity contribution is 0.00375. The second kappa shape index (κ2) is 11.0. The maximum absolute atomic E-state index is 6.21. The van der Waals surface area contributed by atoms with E-state index in [0.717, 1.165) is 18.1 Å². The van der Waals surface area contributed by atoms with E-state index in [4.69, 9.17) is 4.74 Å². The maximum Gasteiger partial charge on any atom is 0.137 e. The van der Waals surface area contributed by atoms with Gasteiger partial charge in [0, 0.05) is 11.8 Å². The zero-order valence-corrected chi connectivity index (χ0v) is 16.9. The quantitative estimate of drug-likeness (QED) is 0.703. The van der Waals surface area contributed by atoms with Crippen molar-refractivity contribution in [1.82, 2.24) is 9.97 Å². The molecule has 1 fully saturated rings. The summed E-state index contributed by atoms with van der Waals surface area (Å²) in [6, 6.07) is 2.00. The third kappa shape index (κ3) is 5.75. The van der Waals surface area contributed by atoms with Gasteiger partial charge in [-0.1, -0.05) is 45.9 Å². The highest BCUT2D eigenvalue weighted by atomic mass is 16.5. The van der Waals surface area contributed by atoms with Gasteiger partial charge in [-0.05, 0) is 40.2 Å². The van der Waals surface area contributed by atoms with E-state index >= 15 is 0 Å². The molecule has 4 heteroatoms. The van der Waals surface area contributed by atoms with Crippen molar-refractivity contribution in [2.24, 2.45) is 0 Å². The highest BCUT2D eigenvalue weighted by Crippen LogP contribution is 2.33. The summed E-state index contributed by atoms with van der Waals surface area (Å²) >= 11 is 0. The van der Waals surface area contributed by atoms with Gasteiger partial charge in [-0.3, -0.25) is 0 Å². The molecular weight excluding hydrogens is 298 g/mol. The fourth-order valence-corrected chi connectivity index (χ4v) is 2.55. The van der Waals surface area contributed by atoms with Crippen LogP contribution in [0.2, 0.25) is 0 Å². The van der Waals surface area contributed by atoms with Crippen molar-refractivity contribution >= 4 is 5.82 Å². The smallest absolute Gasteiger partial charge is 0.137 e. The Bertz CT molecular complexity index is 535. The molecule has 0 aliphatic carbocycles. The standard InChI is InChI=1S/C16H23N3O.2C2H6/c1-6-8-13(7-2)14-10-19(16(4,5)20-14)15-9-12(3)17-11-18-15;2*1-2/h6-9,11,14H,10H2,1-5H3;2*1-2H3/b8-6-,13-7+;;. The molecular formula is C20H35N3O. The lowest BCUT2D eigenvalue weighted by Crippen LogP contribution is -2.39. The molecule has 0 saturated carbocycles. The van der Waals surface area contributed by atoms with Gasteiger partial charge in [0.15, 0.2) is 0 Å². The van der Waals surface area contributed by atoms with Gasteiger partial charge < -0.3 is 9.64 Å². The SMILES string of the molecule is C/C=C\C(=C/C)C1CN(c2cc(C)ncn2)C(C)(C)O1.CC.CC. The molecule has 0 radical (unpaired) electrons. The first-order chi connectivity index (χ1) is 11.5. The first-order valence-electron chi connectivity index (χ1n) is 9.01. The van der Waals surface area contributed by atoms with E-state index in [-0.39, 0.29) is 11.8 Å². The molecule has 1 saturated heterocycles. The predicted molar refractivity (Wildman–Crippen MR) is 104 cm³/mol. The van der Waals surface area contributed by atoms with Crippen molar-refractivity contribution < 1.29 is 4.74 Å². The van der Waals surface area contributed by atoms with Crippen molar-refractivity contribution in [2.45, 2.75) is 74.1 Å². The molecule has 0 N–H and O–H groups in total. The molecule has 1 atom stereocenters. The third-order valence-electron chi connectivity index (χ3n) is 3.56. The van der Waals surface area contributed by atoms with Crippen LogP contribution in [0, 0.1) is 6.92 Å². The number of aromatic nitrogens is 2. The van der Waals surface area contributed by atoms with E-state index < -0.39 is 0 Å². The molecule has 2 heterocycles. The van der Waals surface area contributed by atoms with E-state index in [2.05, 4.69) is 40.9 Å². The summed E-state index contributed by atoms with van der Waals surface area (Å²) in [6.45, 7) is 19.0. The molecule has 1 aliphatic heterocycles. The van der Waals surface area contributed by atoms with Crippen molar-refractivity contribution in [1.29, 1.82) is 0 Å². The minimum Gasteiger partial charge on any atom is -0.346 e. The summed E-state index contributed by atoms with van der Waals surface area (Å²) < 4.78 is 6.21. The van der Waals surface area contributed by atoms with Crippen molar-refractivity contribution in [3.8, 4) is 0 Å². The van der Waals surface area contributed by atoms with Crippen molar-refractivity contribution in [2.75, 3.05) is 11.4 Å². The summed E-state index contributed by atoms with van der Waals surface area (Å²) in [5.41, 5.74) is 1.80. The highest BCUT2D eigenvalue weighted by molar-refractivity contribution is 5.44. The van der Waals surface area contributed by atoms with Crippen LogP contribution in [0.5, 0.6) is 0 Å². The van der Waals surface area contributed by atoms with Crippen LogP contribution in [0.1, 0.15) is 61.1 Å². The average Bonchev–Trinajstić information content (AvgIpc) is 2.91. The normalized spacial score (nSPS) is 19.5. The zero-order chi connectivity index (χ0) is 18.8. The average molecular weight is 334 g/mol. The second-order valence-corrected chi connectivity index (χ2v) is 5.47. The molecule has 1 aliphatic rings. The minimum atomic E-state index is -0.374. The number of hydrogen-bond donors (Lipinski definition) is 0. The molecule has 1 aromatic rings. The number of anilines is 1. The molecule has 2 rings (SSSR count). The van der Waals surface area contributed by atoms with Crippen LogP contribution in [0.15, 0.2) is 36.2 Å². The van der Waals surface area contributed by atoms with Crippen LogP contribution in [-0.4, -0.2) is 28.3 Å². The van der Waals surface area contributed by atoms with Crippen molar-refractivity contribution in [3.63, 3.8) is 0 Å². The lowest BCUT2D eigenvalue weighted by atomic mass is 10.1. The molecule has 0 bridgehead atoms. The second-order valence-electron chi connectivity index (χ2n) is 5.47. The summed E-state index contributed by atoms with van der Waals surface area (Å²) in [6.07, 6.45) is 7.94. The van der Waals surface area contributed by atoms with E-state index in [0.29, 0.717) is 0 Å². The van der Waals surface area contributed by atoms with Gasteiger partial charge in [0.05, 0.1) is 6.54 Å². The Kier molecular flexibility index (Phi) is 10.2. The molecule has 1 aromatic heterocycles. The summed E-state index contributed by atoms with van der Waals surface area (Å²) in [5.74, 6) is 0.918. The van der Waals surface area contributed by atoms with Gasteiger partial charge in [-0.25, -0.2) is 9.97 Å². The Morgan fingerprint density at radius 1 is 1.21 bits per heavy atom. The van der Waals surface area contributed by atoms with Gasteiger partial charge in [0.25, 0.3) is 0 Å². The highest BCUT2D eigenvalue weighted by Gasteiger charge is 2.40. The minimum absolute atomic E-state index is 0.0708. The van der Waals surface area contributed by atoms with E-state index in [1.165, 1.54) is 5.57 Å². The van der Waals surface area contributed by atoms with E-state index in [1.54, 1.807) is 6.33 Å². The predicted octanol–water partition coefficient (Wildman–Crippen LogP) is 5.30. The molecule has 1 unspecified atom stereocenters. The van der Waals surface area contributed by atoms with Crippen LogP contribution in [0.3, 0.4) is 0 Å². The molecule has 136 valence electrons. The topological polar surface area (TPSA) is 38.2 Å². The van der Waals surface area contributed by atoms with Gasteiger partial charge >= 0.3 is 0 Å². The maximum atomic E-state index is 6.21. The fourth-order valence-electron chi connectivity index (χ4n) is 2.55. The van der Waals surface area contributed by atoms with Crippen LogP contribution in [-0.2, 0) is 4.74 Å². The van der Waals surface area contributed by atoms with E-state index in [9.17, 15) is 0 Å². The van der Waals surface area contributed by atoms with Crippen LogP contribution in [0.4, 0.5) is 5.82 Å². The molecule has 0 spiro atoms. The Morgan fingerprint density at radius 2 is 1.83 bits per heavy atom. The lowest BCUT2D eigenvalue weighted by Gasteiger charge is -2.30. The van der Waals surface area contributed by atoms with Crippen molar-refractivity contribution in [3.05, 3.63) is 41.9 Å². The first kappa shape index (κ1) is 22.3. The first-order valence-corrected chi connectivity index (χ1v) is 9.01. The summed E-state index contributed by atoms with van der Waals surface area (Å²) in [7, 11) is 0. The third-order valence-corrected chi connectivity index (χ3v) is 3.56. The van der Waals surface area contributed by atoms with Gasteiger partial charge in [-0.2, -0.15) is 0 Å². The summed E-state index contributed by atoms with van der Waals surface area (Å²) in [4.78, 5) is 10.7. The monoisotopic (exact) mass is 333 g/mol. The Balaban J connectivity index is 0.00000123. The number of rotatable bonds is 3.